The van der Waals surface area contributed by atoms with E-state index in [1.807, 2.05) is 24.1 Å². The number of rotatable bonds is 0. The lowest BCUT2D eigenvalue weighted by atomic mass is 9.87. The van der Waals surface area contributed by atoms with Crippen LogP contribution in [0.2, 0.25) is 0 Å². The first kappa shape index (κ1) is 9.85. The summed E-state index contributed by atoms with van der Waals surface area (Å²) in [6, 6.07) is 8.54. The molecule has 0 saturated carbocycles. The quantitative estimate of drug-likeness (QED) is 0.658. The van der Waals surface area contributed by atoms with Crippen molar-refractivity contribution >= 4 is 11.6 Å². The third-order valence-electron chi connectivity index (χ3n) is 3.91. The van der Waals surface area contributed by atoms with Crippen LogP contribution in [0.4, 0.5) is 5.69 Å². The number of nitrogens with zero attached hydrogens (tertiary/aromatic N) is 2. The molecule has 0 unspecified atom stereocenters. The SMILES string of the molecule is CN1C(=O)[C@@H]2CCN(C)[C@@H]2c2ccccc21. The summed E-state index contributed by atoms with van der Waals surface area (Å²) in [5.41, 5.74) is 2.37. The second kappa shape index (κ2) is 3.32. The van der Waals surface area contributed by atoms with Gasteiger partial charge in [0.25, 0.3) is 0 Å². The smallest absolute Gasteiger partial charge is 0.231 e. The lowest BCUT2D eigenvalue weighted by Gasteiger charge is -2.36. The third kappa shape index (κ3) is 1.15. The first-order valence-electron chi connectivity index (χ1n) is 5.77. The van der Waals surface area contributed by atoms with E-state index in [1.165, 1.54) is 5.56 Å². The Hall–Kier alpha value is -1.35. The molecule has 0 spiro atoms. The minimum Gasteiger partial charge on any atom is -0.315 e. The van der Waals surface area contributed by atoms with Gasteiger partial charge in [0, 0.05) is 18.8 Å². The topological polar surface area (TPSA) is 23.6 Å². The van der Waals surface area contributed by atoms with Crippen molar-refractivity contribution in [2.75, 3.05) is 25.5 Å². The van der Waals surface area contributed by atoms with E-state index in [0.29, 0.717) is 6.04 Å². The summed E-state index contributed by atoms with van der Waals surface area (Å²) in [5.74, 6) is 0.429. The summed E-state index contributed by atoms with van der Waals surface area (Å²) in [6.45, 7) is 1.02. The highest BCUT2D eigenvalue weighted by molar-refractivity contribution is 5.98. The van der Waals surface area contributed by atoms with Gasteiger partial charge in [0.05, 0.1) is 5.92 Å². The molecule has 2 aliphatic heterocycles. The minimum absolute atomic E-state index is 0.157. The van der Waals surface area contributed by atoms with Gasteiger partial charge < -0.3 is 4.90 Å². The van der Waals surface area contributed by atoms with Gasteiger partial charge in [-0.15, -0.1) is 0 Å². The molecule has 2 aliphatic rings. The lowest BCUT2D eigenvalue weighted by Crippen LogP contribution is -2.41. The molecule has 1 saturated heterocycles. The first-order valence-corrected chi connectivity index (χ1v) is 5.77. The summed E-state index contributed by atoms with van der Waals surface area (Å²) >= 11 is 0. The molecule has 3 rings (SSSR count). The average molecular weight is 216 g/mol. The number of hydrogen-bond donors (Lipinski definition) is 0. The van der Waals surface area contributed by atoms with E-state index in [2.05, 4.69) is 24.1 Å². The second-order valence-corrected chi connectivity index (χ2v) is 4.78. The Labute approximate surface area is 95.7 Å². The fraction of sp³-hybridized carbons (Fsp3) is 0.462. The number of fused-ring (bicyclic) bond motifs is 3. The van der Waals surface area contributed by atoms with Crippen molar-refractivity contribution in [2.45, 2.75) is 12.5 Å². The summed E-state index contributed by atoms with van der Waals surface area (Å²) in [7, 11) is 4.00. The Morgan fingerprint density at radius 3 is 2.81 bits per heavy atom. The Morgan fingerprint density at radius 1 is 1.25 bits per heavy atom. The van der Waals surface area contributed by atoms with Crippen LogP contribution >= 0.6 is 0 Å². The van der Waals surface area contributed by atoms with E-state index in [0.717, 1.165) is 18.7 Å². The standard InChI is InChI=1S/C13H16N2O/c1-14-8-7-10-12(14)9-5-3-4-6-11(9)15(2)13(10)16/h3-6,10,12H,7-8H2,1-2H3/t10-,12-/m1/s1. The second-order valence-electron chi connectivity index (χ2n) is 4.78. The predicted molar refractivity (Wildman–Crippen MR) is 63.3 cm³/mol. The fourth-order valence-electron chi connectivity index (χ4n) is 3.07. The van der Waals surface area contributed by atoms with E-state index >= 15 is 0 Å². The van der Waals surface area contributed by atoms with Gasteiger partial charge in [-0.25, -0.2) is 0 Å². The Morgan fingerprint density at radius 2 is 2.00 bits per heavy atom. The van der Waals surface area contributed by atoms with Gasteiger partial charge in [-0.2, -0.15) is 0 Å². The van der Waals surface area contributed by atoms with Crippen LogP contribution in [-0.4, -0.2) is 31.4 Å². The van der Waals surface area contributed by atoms with E-state index in [1.54, 1.807) is 0 Å². The molecule has 2 heterocycles. The molecule has 2 atom stereocenters. The molecule has 1 amide bonds. The molecule has 1 aromatic rings. The highest BCUT2D eigenvalue weighted by atomic mass is 16.2. The Balaban J connectivity index is 2.17. The molecule has 0 bridgehead atoms. The van der Waals surface area contributed by atoms with Gasteiger partial charge in [-0.3, -0.25) is 9.69 Å². The summed E-state index contributed by atoms with van der Waals surface area (Å²) in [4.78, 5) is 16.3. The first-order chi connectivity index (χ1) is 7.70. The molecular weight excluding hydrogens is 200 g/mol. The van der Waals surface area contributed by atoms with E-state index in [9.17, 15) is 4.79 Å². The number of amides is 1. The Kier molecular flexibility index (Phi) is 2.04. The molecule has 0 radical (unpaired) electrons. The molecule has 1 fully saturated rings. The van der Waals surface area contributed by atoms with Crippen LogP contribution in [0.15, 0.2) is 24.3 Å². The molecule has 3 heteroatoms. The van der Waals surface area contributed by atoms with Crippen molar-refractivity contribution in [2.24, 2.45) is 5.92 Å². The molecule has 0 aliphatic carbocycles. The van der Waals surface area contributed by atoms with Gasteiger partial charge >= 0.3 is 0 Å². The maximum Gasteiger partial charge on any atom is 0.231 e. The monoisotopic (exact) mass is 216 g/mol. The molecular formula is C13H16N2O. The van der Waals surface area contributed by atoms with Gasteiger partial charge in [-0.05, 0) is 31.6 Å². The van der Waals surface area contributed by atoms with Crippen LogP contribution in [0.1, 0.15) is 18.0 Å². The molecule has 0 N–H and O–H groups in total. The van der Waals surface area contributed by atoms with Crippen LogP contribution < -0.4 is 4.90 Å². The van der Waals surface area contributed by atoms with Crippen molar-refractivity contribution < 1.29 is 4.79 Å². The normalized spacial score (nSPS) is 29.1. The maximum absolute atomic E-state index is 12.2. The minimum atomic E-state index is 0.157. The van der Waals surface area contributed by atoms with Crippen LogP contribution in [0, 0.1) is 5.92 Å². The van der Waals surface area contributed by atoms with E-state index in [-0.39, 0.29) is 11.8 Å². The number of para-hydroxylation sites is 1. The average Bonchev–Trinajstić information content (AvgIpc) is 2.69. The predicted octanol–water partition coefficient (Wildman–Crippen LogP) is 1.66. The van der Waals surface area contributed by atoms with Gasteiger partial charge in [0.15, 0.2) is 0 Å². The molecule has 3 nitrogen and oxygen atoms in total. The Bertz CT molecular complexity index is 443. The van der Waals surface area contributed by atoms with Crippen molar-refractivity contribution in [1.29, 1.82) is 0 Å². The molecule has 16 heavy (non-hydrogen) atoms. The maximum atomic E-state index is 12.2. The van der Waals surface area contributed by atoms with Crippen LogP contribution in [0.5, 0.6) is 0 Å². The van der Waals surface area contributed by atoms with Crippen molar-refractivity contribution in [3.8, 4) is 0 Å². The third-order valence-corrected chi connectivity index (χ3v) is 3.91. The van der Waals surface area contributed by atoms with Crippen LogP contribution in [-0.2, 0) is 4.79 Å². The molecule has 1 aromatic carbocycles. The van der Waals surface area contributed by atoms with E-state index < -0.39 is 0 Å². The van der Waals surface area contributed by atoms with Crippen molar-refractivity contribution in [3.05, 3.63) is 29.8 Å². The zero-order chi connectivity index (χ0) is 11.3. The summed E-state index contributed by atoms with van der Waals surface area (Å²) < 4.78 is 0. The fourth-order valence-corrected chi connectivity index (χ4v) is 3.07. The summed E-state index contributed by atoms with van der Waals surface area (Å²) in [5, 5.41) is 0. The van der Waals surface area contributed by atoms with Crippen molar-refractivity contribution in [1.82, 2.24) is 4.90 Å². The molecule has 84 valence electrons. The zero-order valence-corrected chi connectivity index (χ0v) is 9.68. The van der Waals surface area contributed by atoms with Gasteiger partial charge in [-0.1, -0.05) is 18.2 Å². The van der Waals surface area contributed by atoms with Gasteiger partial charge in [0.2, 0.25) is 5.91 Å². The molecule has 0 aromatic heterocycles. The highest BCUT2D eigenvalue weighted by Crippen LogP contribution is 2.44. The number of benzene rings is 1. The van der Waals surface area contributed by atoms with Crippen LogP contribution in [0.25, 0.3) is 0 Å². The largest absolute Gasteiger partial charge is 0.315 e. The number of anilines is 1. The number of hydrogen-bond acceptors (Lipinski definition) is 2. The van der Waals surface area contributed by atoms with Gasteiger partial charge in [0.1, 0.15) is 0 Å². The zero-order valence-electron chi connectivity index (χ0n) is 9.68. The number of likely N-dealkylation sites (tertiary alicyclic amines) is 1. The highest BCUT2D eigenvalue weighted by Gasteiger charge is 2.44. The van der Waals surface area contributed by atoms with Crippen molar-refractivity contribution in [3.63, 3.8) is 0 Å². The van der Waals surface area contributed by atoms with E-state index in [4.69, 9.17) is 0 Å². The lowest BCUT2D eigenvalue weighted by molar-refractivity contribution is -0.123. The van der Waals surface area contributed by atoms with Crippen LogP contribution in [0.3, 0.4) is 0 Å². The number of carbonyl (C=O) groups is 1. The number of carbonyl (C=O) groups excluding carboxylic acids is 1. The summed E-state index contributed by atoms with van der Waals surface area (Å²) in [6.07, 6.45) is 0.985.